The lowest BCUT2D eigenvalue weighted by Gasteiger charge is -2.08. The Kier molecular flexibility index (Phi) is 7.17. The largest absolute Gasteiger partial charge is 0.492 e. The molecule has 2 rings (SSSR count). The van der Waals surface area contributed by atoms with Gasteiger partial charge in [-0.1, -0.05) is 24.3 Å². The van der Waals surface area contributed by atoms with Crippen LogP contribution in [0.15, 0.2) is 53.4 Å². The minimum absolute atomic E-state index is 0.0650. The maximum absolute atomic E-state index is 11.9. The summed E-state index contributed by atoms with van der Waals surface area (Å²) in [6, 6.07) is 14.3. The van der Waals surface area contributed by atoms with Crippen LogP contribution >= 0.6 is 0 Å². The fraction of sp³-hybridized carbons (Fsp3) is 0.316. The molecular formula is C19H24N2O4S. The summed E-state index contributed by atoms with van der Waals surface area (Å²) in [6.07, 6.45) is 0.882. The van der Waals surface area contributed by atoms with Crippen LogP contribution < -0.4 is 14.8 Å². The summed E-state index contributed by atoms with van der Waals surface area (Å²) < 4.78 is 31.2. The number of sulfonamides is 1. The summed E-state index contributed by atoms with van der Waals surface area (Å²) in [4.78, 5) is 12.1. The molecule has 0 saturated heterocycles. The summed E-state index contributed by atoms with van der Waals surface area (Å²) in [5, 5.41) is 2.81. The van der Waals surface area contributed by atoms with Crippen LogP contribution in [0, 0.1) is 6.92 Å². The summed E-state index contributed by atoms with van der Waals surface area (Å²) in [5.41, 5.74) is 2.03. The summed E-state index contributed by atoms with van der Waals surface area (Å²) in [7, 11) is -2.06. The van der Waals surface area contributed by atoms with Crippen molar-refractivity contribution < 1.29 is 17.9 Å². The summed E-state index contributed by atoms with van der Waals surface area (Å²) >= 11 is 0. The summed E-state index contributed by atoms with van der Waals surface area (Å²) in [5.74, 6) is 0.723. The molecular weight excluding hydrogens is 352 g/mol. The van der Waals surface area contributed by atoms with Gasteiger partial charge < -0.3 is 10.1 Å². The maximum atomic E-state index is 11.9. The van der Waals surface area contributed by atoms with Crippen LogP contribution in [-0.2, 0) is 21.2 Å². The predicted molar refractivity (Wildman–Crippen MR) is 101 cm³/mol. The topological polar surface area (TPSA) is 84.5 Å². The monoisotopic (exact) mass is 376 g/mol. The Morgan fingerprint density at radius 1 is 1.12 bits per heavy atom. The van der Waals surface area contributed by atoms with Gasteiger partial charge in [-0.15, -0.1) is 0 Å². The summed E-state index contributed by atoms with van der Waals surface area (Å²) in [6.45, 7) is 2.84. The molecule has 140 valence electrons. The van der Waals surface area contributed by atoms with Crippen LogP contribution in [-0.4, -0.2) is 34.5 Å². The second-order valence-corrected chi connectivity index (χ2v) is 7.75. The van der Waals surface area contributed by atoms with Crippen molar-refractivity contribution >= 4 is 15.9 Å². The number of ether oxygens (including phenoxy) is 1. The molecule has 2 aromatic rings. The van der Waals surface area contributed by atoms with Crippen molar-refractivity contribution in [2.24, 2.45) is 0 Å². The second kappa shape index (κ2) is 9.35. The van der Waals surface area contributed by atoms with Crippen molar-refractivity contribution in [1.82, 2.24) is 10.0 Å². The van der Waals surface area contributed by atoms with E-state index >= 15 is 0 Å². The predicted octanol–water partition coefficient (Wildman–Crippen LogP) is 2.03. The molecule has 0 aliphatic rings. The van der Waals surface area contributed by atoms with Crippen LogP contribution in [0.3, 0.4) is 0 Å². The molecule has 6 nitrogen and oxygen atoms in total. The molecule has 0 spiro atoms. The Hall–Kier alpha value is -2.38. The fourth-order valence-corrected chi connectivity index (χ4v) is 3.09. The number of carbonyl (C=O) groups is 1. The lowest BCUT2D eigenvalue weighted by Crippen LogP contribution is -2.28. The van der Waals surface area contributed by atoms with E-state index in [9.17, 15) is 13.2 Å². The van der Waals surface area contributed by atoms with Crippen LogP contribution in [0.1, 0.15) is 17.5 Å². The van der Waals surface area contributed by atoms with E-state index in [1.165, 1.54) is 19.2 Å². The van der Waals surface area contributed by atoms with E-state index in [4.69, 9.17) is 4.74 Å². The van der Waals surface area contributed by atoms with Gasteiger partial charge in [0.15, 0.2) is 0 Å². The third kappa shape index (κ3) is 6.16. The lowest BCUT2D eigenvalue weighted by molar-refractivity contribution is -0.121. The smallest absolute Gasteiger partial charge is 0.240 e. The number of hydrogen-bond acceptors (Lipinski definition) is 4. The van der Waals surface area contributed by atoms with Crippen LogP contribution in [0.5, 0.6) is 5.75 Å². The Bertz CT molecular complexity index is 833. The van der Waals surface area contributed by atoms with E-state index in [2.05, 4.69) is 10.0 Å². The van der Waals surface area contributed by atoms with Gasteiger partial charge in [0.2, 0.25) is 15.9 Å². The van der Waals surface area contributed by atoms with E-state index in [1.54, 1.807) is 12.1 Å². The average Bonchev–Trinajstić information content (AvgIpc) is 2.64. The van der Waals surface area contributed by atoms with E-state index in [1.807, 2.05) is 31.2 Å². The first-order valence-electron chi connectivity index (χ1n) is 8.39. The highest BCUT2D eigenvalue weighted by atomic mass is 32.2. The van der Waals surface area contributed by atoms with Crippen molar-refractivity contribution in [2.75, 3.05) is 20.2 Å². The highest BCUT2D eigenvalue weighted by molar-refractivity contribution is 7.89. The van der Waals surface area contributed by atoms with Crippen molar-refractivity contribution in [3.8, 4) is 5.75 Å². The molecule has 2 aromatic carbocycles. The molecule has 0 aromatic heterocycles. The quantitative estimate of drug-likeness (QED) is 0.656. The van der Waals surface area contributed by atoms with E-state index in [0.717, 1.165) is 16.9 Å². The van der Waals surface area contributed by atoms with Gasteiger partial charge in [-0.05, 0) is 55.8 Å². The third-order valence-electron chi connectivity index (χ3n) is 3.83. The van der Waals surface area contributed by atoms with Gasteiger partial charge in [-0.3, -0.25) is 4.79 Å². The minimum Gasteiger partial charge on any atom is -0.492 e. The van der Waals surface area contributed by atoms with Gasteiger partial charge in [-0.2, -0.15) is 0 Å². The van der Waals surface area contributed by atoms with Crippen molar-refractivity contribution in [3.63, 3.8) is 0 Å². The van der Waals surface area contributed by atoms with Gasteiger partial charge >= 0.3 is 0 Å². The van der Waals surface area contributed by atoms with E-state index in [-0.39, 0.29) is 10.8 Å². The normalized spacial score (nSPS) is 11.2. The van der Waals surface area contributed by atoms with Gasteiger partial charge in [0.25, 0.3) is 0 Å². The van der Waals surface area contributed by atoms with Crippen molar-refractivity contribution in [3.05, 3.63) is 59.7 Å². The second-order valence-electron chi connectivity index (χ2n) is 5.87. The number of aryl methyl sites for hydroxylation is 2. The molecule has 0 fully saturated rings. The van der Waals surface area contributed by atoms with E-state index in [0.29, 0.717) is 26.0 Å². The number of nitrogens with one attached hydrogen (secondary N) is 2. The standard InChI is InChI=1S/C19H24N2O4S/c1-15-4-3-5-17(14-15)25-13-12-21-19(22)11-8-16-6-9-18(10-7-16)26(23,24)20-2/h3-7,9-10,14,20H,8,11-13H2,1-2H3,(H,21,22). The zero-order chi connectivity index (χ0) is 19.0. The molecule has 0 bridgehead atoms. The van der Waals surface area contributed by atoms with Gasteiger partial charge in [-0.25, -0.2) is 13.1 Å². The Labute approximate surface area is 154 Å². The van der Waals surface area contributed by atoms with E-state index < -0.39 is 10.0 Å². The molecule has 2 N–H and O–H groups in total. The Morgan fingerprint density at radius 2 is 1.85 bits per heavy atom. The number of hydrogen-bond donors (Lipinski definition) is 2. The molecule has 26 heavy (non-hydrogen) atoms. The number of rotatable bonds is 9. The van der Waals surface area contributed by atoms with Crippen molar-refractivity contribution in [1.29, 1.82) is 0 Å². The third-order valence-corrected chi connectivity index (χ3v) is 5.26. The first kappa shape index (κ1) is 19.9. The number of benzene rings is 2. The molecule has 0 unspecified atom stereocenters. The molecule has 0 aliphatic heterocycles. The average molecular weight is 376 g/mol. The molecule has 0 heterocycles. The maximum Gasteiger partial charge on any atom is 0.240 e. The van der Waals surface area contributed by atoms with Crippen LogP contribution in [0.25, 0.3) is 0 Å². The first-order valence-corrected chi connectivity index (χ1v) is 9.88. The number of amides is 1. The zero-order valence-electron chi connectivity index (χ0n) is 15.0. The zero-order valence-corrected chi connectivity index (χ0v) is 15.8. The lowest BCUT2D eigenvalue weighted by atomic mass is 10.1. The minimum atomic E-state index is -3.43. The molecule has 7 heteroatoms. The number of carbonyl (C=O) groups excluding carboxylic acids is 1. The van der Waals surface area contributed by atoms with Crippen LogP contribution in [0.2, 0.25) is 0 Å². The molecule has 0 saturated carbocycles. The van der Waals surface area contributed by atoms with Gasteiger partial charge in [0.1, 0.15) is 12.4 Å². The first-order chi connectivity index (χ1) is 12.4. The Balaban J connectivity index is 1.70. The van der Waals surface area contributed by atoms with Gasteiger partial charge in [0, 0.05) is 6.42 Å². The van der Waals surface area contributed by atoms with Gasteiger partial charge in [0.05, 0.1) is 11.4 Å². The fourth-order valence-electron chi connectivity index (χ4n) is 2.36. The SMILES string of the molecule is CNS(=O)(=O)c1ccc(CCC(=O)NCCOc2cccc(C)c2)cc1. The molecule has 0 aliphatic carbocycles. The molecule has 0 atom stereocenters. The molecule has 1 amide bonds. The molecule has 0 radical (unpaired) electrons. The Morgan fingerprint density at radius 3 is 2.50 bits per heavy atom. The van der Waals surface area contributed by atoms with Crippen LogP contribution in [0.4, 0.5) is 0 Å². The van der Waals surface area contributed by atoms with Crippen molar-refractivity contribution in [2.45, 2.75) is 24.7 Å². The highest BCUT2D eigenvalue weighted by Gasteiger charge is 2.10. The highest BCUT2D eigenvalue weighted by Crippen LogP contribution is 2.12.